The highest BCUT2D eigenvalue weighted by Gasteiger charge is 2.22. The van der Waals surface area contributed by atoms with Crippen LogP contribution in [0.2, 0.25) is 0 Å². The third kappa shape index (κ3) is 3.60. The van der Waals surface area contributed by atoms with Crippen LogP contribution >= 0.6 is 0 Å². The molecule has 0 unspecified atom stereocenters. The molecule has 1 N–H and O–H groups in total. The molecule has 0 aliphatic carbocycles. The van der Waals surface area contributed by atoms with E-state index in [1.165, 1.54) is 6.42 Å². The lowest BCUT2D eigenvalue weighted by molar-refractivity contribution is 0.0947. The van der Waals surface area contributed by atoms with Crippen molar-refractivity contribution in [2.45, 2.75) is 39.7 Å². The van der Waals surface area contributed by atoms with Gasteiger partial charge in [-0.25, -0.2) is 0 Å². The van der Waals surface area contributed by atoms with Gasteiger partial charge in [0, 0.05) is 19.3 Å². The Kier molecular flexibility index (Phi) is 4.48. The van der Waals surface area contributed by atoms with E-state index in [9.17, 15) is 4.79 Å². The van der Waals surface area contributed by atoms with E-state index in [-0.39, 0.29) is 11.4 Å². The zero-order valence-corrected chi connectivity index (χ0v) is 13.0. The lowest BCUT2D eigenvalue weighted by atomic mass is 10.1. The number of carbonyl (C=O) groups excluding carboxylic acids is 1. The molecule has 1 aliphatic heterocycles. The average Bonchev–Trinajstić information content (AvgIpc) is 3.04. The Hall–Kier alpha value is -1.36. The zero-order valence-electron chi connectivity index (χ0n) is 13.0. The number of amides is 1. The van der Waals surface area contributed by atoms with Gasteiger partial charge >= 0.3 is 0 Å². The second-order valence-corrected chi connectivity index (χ2v) is 6.60. The molecule has 0 radical (unpaired) electrons. The van der Waals surface area contributed by atoms with Gasteiger partial charge in [-0.05, 0) is 46.2 Å². The standard InChI is InChI=1S/C15H26N4O/c1-5-18-7-6-12(10-18)8-16-14(20)13-9-17-19(11-13)15(2,3)4/h9,11-12H,5-8,10H2,1-4H3,(H,16,20)/t12-/m0/s1. The molecule has 5 heteroatoms. The number of carbonyl (C=O) groups is 1. The third-order valence-corrected chi connectivity index (χ3v) is 3.90. The third-order valence-electron chi connectivity index (χ3n) is 3.90. The smallest absolute Gasteiger partial charge is 0.254 e. The summed E-state index contributed by atoms with van der Waals surface area (Å²) >= 11 is 0. The number of nitrogens with one attached hydrogen (secondary N) is 1. The zero-order chi connectivity index (χ0) is 14.8. The number of nitrogens with zero attached hydrogens (tertiary/aromatic N) is 3. The Morgan fingerprint density at radius 1 is 1.50 bits per heavy atom. The highest BCUT2D eigenvalue weighted by atomic mass is 16.1. The van der Waals surface area contributed by atoms with Crippen molar-refractivity contribution in [1.29, 1.82) is 0 Å². The number of likely N-dealkylation sites (tertiary alicyclic amines) is 1. The fourth-order valence-corrected chi connectivity index (χ4v) is 2.51. The fraction of sp³-hybridized carbons (Fsp3) is 0.733. The largest absolute Gasteiger partial charge is 0.352 e. The van der Waals surface area contributed by atoms with E-state index in [1.54, 1.807) is 6.20 Å². The second kappa shape index (κ2) is 5.95. The summed E-state index contributed by atoms with van der Waals surface area (Å²) < 4.78 is 1.83. The van der Waals surface area contributed by atoms with Gasteiger partial charge in [-0.2, -0.15) is 5.10 Å². The van der Waals surface area contributed by atoms with Crippen molar-refractivity contribution in [3.8, 4) is 0 Å². The van der Waals surface area contributed by atoms with Crippen molar-refractivity contribution in [2.24, 2.45) is 5.92 Å². The number of hydrogen-bond acceptors (Lipinski definition) is 3. The van der Waals surface area contributed by atoms with Crippen LogP contribution in [0.4, 0.5) is 0 Å². The van der Waals surface area contributed by atoms with Crippen LogP contribution in [0.5, 0.6) is 0 Å². The molecular formula is C15H26N4O. The maximum atomic E-state index is 12.1. The van der Waals surface area contributed by atoms with Gasteiger partial charge in [0.15, 0.2) is 0 Å². The van der Waals surface area contributed by atoms with Gasteiger partial charge in [-0.15, -0.1) is 0 Å². The molecule has 1 fully saturated rings. The molecule has 0 saturated carbocycles. The van der Waals surface area contributed by atoms with Crippen LogP contribution in [-0.4, -0.2) is 46.8 Å². The summed E-state index contributed by atoms with van der Waals surface area (Å²) in [7, 11) is 0. The summed E-state index contributed by atoms with van der Waals surface area (Å²) in [5.41, 5.74) is 0.552. The molecule has 5 nitrogen and oxygen atoms in total. The fourth-order valence-electron chi connectivity index (χ4n) is 2.51. The Morgan fingerprint density at radius 3 is 2.80 bits per heavy atom. The molecule has 0 spiro atoms. The number of aromatic nitrogens is 2. The van der Waals surface area contributed by atoms with Crippen molar-refractivity contribution in [3.63, 3.8) is 0 Å². The van der Waals surface area contributed by atoms with Gasteiger partial charge in [0.05, 0.1) is 17.3 Å². The van der Waals surface area contributed by atoms with Crippen LogP contribution in [-0.2, 0) is 5.54 Å². The molecular weight excluding hydrogens is 252 g/mol. The van der Waals surface area contributed by atoms with E-state index in [2.05, 4.69) is 43.0 Å². The van der Waals surface area contributed by atoms with Gasteiger partial charge in [-0.3, -0.25) is 9.48 Å². The highest BCUT2D eigenvalue weighted by Crippen LogP contribution is 2.15. The highest BCUT2D eigenvalue weighted by molar-refractivity contribution is 5.93. The van der Waals surface area contributed by atoms with Gasteiger partial charge in [0.25, 0.3) is 5.91 Å². The van der Waals surface area contributed by atoms with Gasteiger partial charge in [0.2, 0.25) is 0 Å². The minimum Gasteiger partial charge on any atom is -0.352 e. The molecule has 1 aliphatic rings. The first kappa shape index (κ1) is 15.0. The van der Waals surface area contributed by atoms with Crippen molar-refractivity contribution in [1.82, 2.24) is 20.0 Å². The van der Waals surface area contributed by atoms with E-state index in [0.717, 1.165) is 26.2 Å². The first-order chi connectivity index (χ1) is 9.40. The Balaban J connectivity index is 1.85. The van der Waals surface area contributed by atoms with Gasteiger partial charge in [-0.1, -0.05) is 6.92 Å². The quantitative estimate of drug-likeness (QED) is 0.912. The molecule has 1 aromatic heterocycles. The molecule has 0 bridgehead atoms. The van der Waals surface area contributed by atoms with Crippen molar-refractivity contribution in [2.75, 3.05) is 26.2 Å². The van der Waals surface area contributed by atoms with Crippen LogP contribution in [0.15, 0.2) is 12.4 Å². The number of hydrogen-bond donors (Lipinski definition) is 1. The molecule has 0 aromatic carbocycles. The maximum absolute atomic E-state index is 12.1. The summed E-state index contributed by atoms with van der Waals surface area (Å²) in [4.78, 5) is 14.5. The van der Waals surface area contributed by atoms with Crippen molar-refractivity contribution in [3.05, 3.63) is 18.0 Å². The van der Waals surface area contributed by atoms with Crippen LogP contribution in [0, 0.1) is 5.92 Å². The lowest BCUT2D eigenvalue weighted by Crippen LogP contribution is -2.31. The topological polar surface area (TPSA) is 50.2 Å². The first-order valence-electron chi connectivity index (χ1n) is 7.46. The SMILES string of the molecule is CCN1CC[C@@H](CNC(=O)c2cnn(C(C)(C)C)c2)C1. The van der Waals surface area contributed by atoms with Crippen molar-refractivity contribution < 1.29 is 4.79 Å². The molecule has 20 heavy (non-hydrogen) atoms. The predicted molar refractivity (Wildman–Crippen MR) is 79.8 cm³/mol. The Labute approximate surface area is 121 Å². The Bertz CT molecular complexity index is 461. The van der Waals surface area contributed by atoms with Crippen LogP contribution in [0.25, 0.3) is 0 Å². The molecule has 1 aromatic rings. The van der Waals surface area contributed by atoms with Gasteiger partial charge in [0.1, 0.15) is 0 Å². The van der Waals surface area contributed by atoms with E-state index in [1.807, 2.05) is 10.9 Å². The normalized spacial score (nSPS) is 20.3. The van der Waals surface area contributed by atoms with Crippen molar-refractivity contribution >= 4 is 5.91 Å². The molecule has 1 saturated heterocycles. The minimum absolute atomic E-state index is 0.0181. The minimum atomic E-state index is -0.0917. The number of rotatable bonds is 4. The summed E-state index contributed by atoms with van der Waals surface area (Å²) in [6, 6.07) is 0. The monoisotopic (exact) mass is 278 g/mol. The summed E-state index contributed by atoms with van der Waals surface area (Å²) in [5.74, 6) is 0.562. The first-order valence-corrected chi connectivity index (χ1v) is 7.46. The molecule has 1 atom stereocenters. The summed E-state index contributed by atoms with van der Waals surface area (Å²) in [5, 5.41) is 7.29. The van der Waals surface area contributed by atoms with Crippen LogP contribution in [0.3, 0.4) is 0 Å². The lowest BCUT2D eigenvalue weighted by Gasteiger charge is -2.18. The van der Waals surface area contributed by atoms with E-state index in [0.29, 0.717) is 11.5 Å². The Morgan fingerprint density at radius 2 is 2.25 bits per heavy atom. The van der Waals surface area contributed by atoms with E-state index in [4.69, 9.17) is 0 Å². The molecule has 1 amide bonds. The second-order valence-electron chi connectivity index (χ2n) is 6.60. The van der Waals surface area contributed by atoms with Gasteiger partial charge < -0.3 is 10.2 Å². The van der Waals surface area contributed by atoms with Crippen LogP contribution in [0.1, 0.15) is 44.5 Å². The predicted octanol–water partition coefficient (Wildman–Crippen LogP) is 1.71. The van der Waals surface area contributed by atoms with E-state index >= 15 is 0 Å². The van der Waals surface area contributed by atoms with E-state index < -0.39 is 0 Å². The summed E-state index contributed by atoms with van der Waals surface area (Å²) in [6.07, 6.45) is 4.64. The molecule has 2 heterocycles. The van der Waals surface area contributed by atoms with Crippen LogP contribution < -0.4 is 5.32 Å². The maximum Gasteiger partial charge on any atom is 0.254 e. The summed E-state index contributed by atoms with van der Waals surface area (Å²) in [6.45, 7) is 12.5. The average molecular weight is 278 g/mol. The molecule has 2 rings (SSSR count). The molecule has 112 valence electrons.